The summed E-state index contributed by atoms with van der Waals surface area (Å²) in [6.07, 6.45) is 0.292. The maximum absolute atomic E-state index is 4.76. The number of ether oxygens (including phenoxy) is 1. The van der Waals surface area contributed by atoms with Gasteiger partial charge in [0.15, 0.2) is 0 Å². The van der Waals surface area contributed by atoms with E-state index in [9.17, 15) is 0 Å². The molecule has 0 aromatic carbocycles. The summed E-state index contributed by atoms with van der Waals surface area (Å²) in [6.45, 7) is 6.23. The fraction of sp³-hybridized carbons (Fsp3) is 0.833. The third-order valence-corrected chi connectivity index (χ3v) is 1.20. The van der Waals surface area contributed by atoms with Gasteiger partial charge in [-0.25, -0.2) is 0 Å². The molecule has 0 heterocycles. The zero-order valence-corrected chi connectivity index (χ0v) is 5.27. The van der Waals surface area contributed by atoms with E-state index in [1.165, 1.54) is 0 Å². The molecule has 1 unspecified atom stereocenters. The van der Waals surface area contributed by atoms with Crippen molar-refractivity contribution in [3.63, 3.8) is 0 Å². The van der Waals surface area contributed by atoms with Crippen LogP contribution in [0.25, 0.3) is 0 Å². The third-order valence-electron chi connectivity index (χ3n) is 1.20. The van der Waals surface area contributed by atoms with Crippen LogP contribution in [0.15, 0.2) is 0 Å². The van der Waals surface area contributed by atoms with Gasteiger partial charge in [-0.2, -0.15) is 0 Å². The lowest BCUT2D eigenvalue weighted by Crippen LogP contribution is -2.10. The molecule has 0 aliphatic rings. The van der Waals surface area contributed by atoms with Crippen LogP contribution in [0.1, 0.15) is 20.8 Å². The quantitative estimate of drug-likeness (QED) is 0.515. The zero-order chi connectivity index (χ0) is 5.86. The average molecular weight is 101 g/mol. The van der Waals surface area contributed by atoms with Crippen LogP contribution in [-0.4, -0.2) is 6.10 Å². The highest BCUT2D eigenvalue weighted by molar-refractivity contribution is 4.52. The van der Waals surface area contributed by atoms with Gasteiger partial charge in [-0.05, 0) is 12.8 Å². The minimum absolute atomic E-state index is 0.292. The molecule has 0 amide bonds. The van der Waals surface area contributed by atoms with E-state index in [0.717, 1.165) is 0 Å². The van der Waals surface area contributed by atoms with Crippen molar-refractivity contribution in [2.75, 3.05) is 0 Å². The summed E-state index contributed by atoms with van der Waals surface area (Å²) in [6, 6.07) is 0. The molecule has 0 spiro atoms. The Morgan fingerprint density at radius 2 is 1.71 bits per heavy atom. The Kier molecular flexibility index (Phi) is 3.01. The van der Waals surface area contributed by atoms with Gasteiger partial charge in [0.05, 0.1) is 13.2 Å². The Balaban J connectivity index is 3.14. The Morgan fingerprint density at radius 3 is 1.71 bits per heavy atom. The molecule has 0 aliphatic carbocycles. The van der Waals surface area contributed by atoms with E-state index in [1.54, 1.807) is 0 Å². The topological polar surface area (TPSA) is 9.23 Å². The first-order chi connectivity index (χ1) is 3.18. The van der Waals surface area contributed by atoms with Gasteiger partial charge < -0.3 is 4.74 Å². The summed E-state index contributed by atoms with van der Waals surface area (Å²) in [5.41, 5.74) is 0. The molecule has 0 aliphatic heterocycles. The molecule has 0 rings (SSSR count). The van der Waals surface area contributed by atoms with Gasteiger partial charge in [0, 0.05) is 0 Å². The van der Waals surface area contributed by atoms with E-state index in [2.05, 4.69) is 21.0 Å². The van der Waals surface area contributed by atoms with Gasteiger partial charge in [-0.15, -0.1) is 0 Å². The van der Waals surface area contributed by atoms with E-state index >= 15 is 0 Å². The lowest BCUT2D eigenvalue weighted by molar-refractivity contribution is 0.112. The van der Waals surface area contributed by atoms with Crippen molar-refractivity contribution in [2.24, 2.45) is 5.92 Å². The first-order valence-corrected chi connectivity index (χ1v) is 2.59. The van der Waals surface area contributed by atoms with E-state index < -0.39 is 0 Å². The van der Waals surface area contributed by atoms with Crippen LogP contribution in [0.2, 0.25) is 0 Å². The van der Waals surface area contributed by atoms with Crippen molar-refractivity contribution < 1.29 is 4.74 Å². The zero-order valence-electron chi connectivity index (χ0n) is 5.27. The van der Waals surface area contributed by atoms with Gasteiger partial charge in [0.1, 0.15) is 0 Å². The fourth-order valence-corrected chi connectivity index (χ4v) is 0.192. The van der Waals surface area contributed by atoms with E-state index in [1.807, 2.05) is 6.92 Å². The van der Waals surface area contributed by atoms with E-state index in [0.29, 0.717) is 12.0 Å². The molecule has 0 saturated heterocycles. The standard InChI is InChI=1S/C6H13O/c1-5(2)6(3)7-4/h5-6H,4H2,1-3H3. The maximum atomic E-state index is 4.76. The maximum Gasteiger partial charge on any atom is 0.0704 e. The molecule has 0 saturated carbocycles. The molecule has 0 fully saturated rings. The Labute approximate surface area is 45.7 Å². The molecular formula is C6H13O. The van der Waals surface area contributed by atoms with Crippen molar-refractivity contribution in [3.05, 3.63) is 7.11 Å². The van der Waals surface area contributed by atoms with Crippen LogP contribution < -0.4 is 0 Å². The summed E-state index contributed by atoms with van der Waals surface area (Å²) in [7, 11) is 3.31. The van der Waals surface area contributed by atoms with Crippen LogP contribution in [0, 0.1) is 13.0 Å². The van der Waals surface area contributed by atoms with Crippen LogP contribution in [0.4, 0.5) is 0 Å². The molecule has 7 heavy (non-hydrogen) atoms. The normalized spacial score (nSPS) is 15.0. The molecule has 0 aromatic heterocycles. The molecule has 1 nitrogen and oxygen atoms in total. The second kappa shape index (κ2) is 3.03. The molecular weight excluding hydrogens is 88.1 g/mol. The summed E-state index contributed by atoms with van der Waals surface area (Å²) in [5, 5.41) is 0. The van der Waals surface area contributed by atoms with Crippen molar-refractivity contribution in [2.45, 2.75) is 26.9 Å². The summed E-state index contributed by atoms with van der Waals surface area (Å²) in [4.78, 5) is 0. The average Bonchev–Trinajstić information content (AvgIpc) is 1.65. The monoisotopic (exact) mass is 101 g/mol. The lowest BCUT2D eigenvalue weighted by Gasteiger charge is -2.11. The second-order valence-corrected chi connectivity index (χ2v) is 2.12. The largest absolute Gasteiger partial charge is 0.376 e. The highest BCUT2D eigenvalue weighted by atomic mass is 16.5. The Bertz CT molecular complexity index is 41.4. The van der Waals surface area contributed by atoms with Gasteiger partial charge in [-0.3, -0.25) is 0 Å². The van der Waals surface area contributed by atoms with Gasteiger partial charge >= 0.3 is 0 Å². The van der Waals surface area contributed by atoms with Crippen LogP contribution in [-0.2, 0) is 4.74 Å². The van der Waals surface area contributed by atoms with Gasteiger partial charge in [0.2, 0.25) is 0 Å². The van der Waals surface area contributed by atoms with Crippen LogP contribution in [0.3, 0.4) is 0 Å². The molecule has 1 heteroatoms. The smallest absolute Gasteiger partial charge is 0.0704 e. The Morgan fingerprint density at radius 1 is 1.29 bits per heavy atom. The van der Waals surface area contributed by atoms with Crippen LogP contribution in [0.5, 0.6) is 0 Å². The summed E-state index contributed by atoms with van der Waals surface area (Å²) < 4.78 is 4.76. The predicted molar refractivity (Wildman–Crippen MR) is 30.7 cm³/mol. The summed E-state index contributed by atoms with van der Waals surface area (Å²) >= 11 is 0. The minimum Gasteiger partial charge on any atom is -0.376 e. The van der Waals surface area contributed by atoms with Gasteiger partial charge in [0.25, 0.3) is 0 Å². The molecule has 0 N–H and O–H groups in total. The lowest BCUT2D eigenvalue weighted by atomic mass is 10.1. The highest BCUT2D eigenvalue weighted by Crippen LogP contribution is 2.02. The minimum atomic E-state index is 0.292. The number of hydrogen-bond donors (Lipinski definition) is 0. The van der Waals surface area contributed by atoms with Crippen molar-refractivity contribution in [1.82, 2.24) is 0 Å². The first-order valence-electron chi connectivity index (χ1n) is 2.59. The highest BCUT2D eigenvalue weighted by Gasteiger charge is 2.02. The fourth-order valence-electron chi connectivity index (χ4n) is 0.192. The van der Waals surface area contributed by atoms with E-state index in [4.69, 9.17) is 4.74 Å². The van der Waals surface area contributed by atoms with Crippen molar-refractivity contribution >= 4 is 0 Å². The molecule has 0 aromatic rings. The van der Waals surface area contributed by atoms with Crippen molar-refractivity contribution in [3.8, 4) is 0 Å². The van der Waals surface area contributed by atoms with Crippen LogP contribution >= 0.6 is 0 Å². The van der Waals surface area contributed by atoms with Crippen molar-refractivity contribution in [1.29, 1.82) is 0 Å². The number of rotatable bonds is 2. The third kappa shape index (κ3) is 2.63. The predicted octanol–water partition coefficient (Wildman–Crippen LogP) is 1.84. The number of hydrogen-bond acceptors (Lipinski definition) is 1. The van der Waals surface area contributed by atoms with E-state index in [-0.39, 0.29) is 0 Å². The summed E-state index contributed by atoms with van der Waals surface area (Å²) in [5.74, 6) is 0.581. The molecule has 1 atom stereocenters. The molecule has 43 valence electrons. The van der Waals surface area contributed by atoms with Gasteiger partial charge in [-0.1, -0.05) is 13.8 Å². The molecule has 1 radical (unpaired) electrons. The molecule has 0 bridgehead atoms. The SMILES string of the molecule is [CH2]OC(C)C(C)C. The first kappa shape index (κ1) is 6.96. The Hall–Kier alpha value is -0.0400. The second-order valence-electron chi connectivity index (χ2n) is 2.12.